The van der Waals surface area contributed by atoms with Crippen molar-refractivity contribution in [2.24, 2.45) is 0 Å². The SMILES string of the molecule is Cc1cccc(-n2nc3c(c2-n2cccc2)CN(C(=O)c2ccc(Cl)c([N+](=O)[O-])c2)C3)c1. The van der Waals surface area contributed by atoms with E-state index >= 15 is 0 Å². The number of nitro benzene ring substituents is 1. The quantitative estimate of drug-likeness (QED) is 0.335. The van der Waals surface area contributed by atoms with E-state index in [2.05, 4.69) is 6.07 Å². The van der Waals surface area contributed by atoms with Gasteiger partial charge in [-0.05, 0) is 48.9 Å². The highest BCUT2D eigenvalue weighted by Crippen LogP contribution is 2.32. The molecule has 32 heavy (non-hydrogen) atoms. The molecule has 0 saturated heterocycles. The zero-order valence-electron chi connectivity index (χ0n) is 17.1. The first kappa shape index (κ1) is 20.0. The first-order chi connectivity index (χ1) is 15.4. The minimum absolute atomic E-state index is 0.000570. The van der Waals surface area contributed by atoms with Crippen molar-refractivity contribution in [2.75, 3.05) is 0 Å². The number of nitro groups is 1. The standard InChI is InChI=1S/C23H18ClN5O3/c1-15-5-4-6-17(11-15)28-22(26-9-2-3-10-26)18-13-27(14-20(18)25-28)23(30)16-7-8-19(24)21(12-16)29(31)32/h2-12H,13-14H2,1H3. The van der Waals surface area contributed by atoms with E-state index in [1.54, 1.807) is 4.90 Å². The maximum Gasteiger partial charge on any atom is 0.288 e. The van der Waals surface area contributed by atoms with Crippen molar-refractivity contribution in [3.63, 3.8) is 0 Å². The van der Waals surface area contributed by atoms with E-state index in [0.29, 0.717) is 13.1 Å². The molecule has 2 aromatic heterocycles. The third-order valence-corrected chi connectivity index (χ3v) is 5.82. The second kappa shape index (κ2) is 7.65. The van der Waals surface area contributed by atoms with E-state index in [1.807, 2.05) is 58.9 Å². The molecule has 160 valence electrons. The van der Waals surface area contributed by atoms with Gasteiger partial charge < -0.3 is 9.47 Å². The van der Waals surface area contributed by atoms with Gasteiger partial charge in [-0.2, -0.15) is 5.10 Å². The molecule has 5 rings (SSSR count). The maximum absolute atomic E-state index is 13.1. The lowest BCUT2D eigenvalue weighted by atomic mass is 10.1. The van der Waals surface area contributed by atoms with E-state index in [9.17, 15) is 14.9 Å². The molecule has 0 bridgehead atoms. The average molecular weight is 448 g/mol. The van der Waals surface area contributed by atoms with Crippen LogP contribution in [-0.2, 0) is 13.1 Å². The summed E-state index contributed by atoms with van der Waals surface area (Å²) in [6.07, 6.45) is 3.88. The number of nitrogens with zero attached hydrogens (tertiary/aromatic N) is 5. The molecule has 0 radical (unpaired) electrons. The number of benzene rings is 2. The number of rotatable bonds is 4. The highest BCUT2D eigenvalue weighted by molar-refractivity contribution is 6.32. The van der Waals surface area contributed by atoms with Crippen molar-refractivity contribution in [2.45, 2.75) is 20.0 Å². The smallest absolute Gasteiger partial charge is 0.288 e. The minimum atomic E-state index is -0.589. The Morgan fingerprint density at radius 3 is 2.59 bits per heavy atom. The van der Waals surface area contributed by atoms with Gasteiger partial charge >= 0.3 is 0 Å². The third kappa shape index (κ3) is 3.34. The molecule has 0 unspecified atom stereocenters. The highest BCUT2D eigenvalue weighted by Gasteiger charge is 2.32. The van der Waals surface area contributed by atoms with Gasteiger partial charge in [0, 0.05) is 29.6 Å². The summed E-state index contributed by atoms with van der Waals surface area (Å²) in [5.41, 5.74) is 3.74. The fourth-order valence-electron chi connectivity index (χ4n) is 3.99. The van der Waals surface area contributed by atoms with Crippen LogP contribution >= 0.6 is 11.6 Å². The largest absolute Gasteiger partial charge is 0.328 e. The van der Waals surface area contributed by atoms with Crippen LogP contribution in [0.1, 0.15) is 27.2 Å². The Bertz CT molecular complexity index is 1360. The maximum atomic E-state index is 13.1. The molecular weight excluding hydrogens is 430 g/mol. The van der Waals surface area contributed by atoms with Gasteiger partial charge in [0.05, 0.1) is 29.4 Å². The Labute approximate surface area is 188 Å². The Kier molecular flexibility index (Phi) is 4.79. The van der Waals surface area contributed by atoms with Crippen LogP contribution < -0.4 is 0 Å². The van der Waals surface area contributed by atoms with Crippen molar-refractivity contribution in [1.82, 2.24) is 19.2 Å². The minimum Gasteiger partial charge on any atom is -0.328 e. The number of carbonyl (C=O) groups excluding carboxylic acids is 1. The van der Waals surface area contributed by atoms with Crippen LogP contribution in [0.3, 0.4) is 0 Å². The van der Waals surface area contributed by atoms with Crippen molar-refractivity contribution in [3.05, 3.63) is 105 Å². The summed E-state index contributed by atoms with van der Waals surface area (Å²) in [7, 11) is 0. The number of carbonyl (C=O) groups is 1. The average Bonchev–Trinajstić information content (AvgIpc) is 3.49. The molecule has 9 heteroatoms. The number of fused-ring (bicyclic) bond motifs is 1. The second-order valence-electron chi connectivity index (χ2n) is 7.67. The molecule has 0 atom stereocenters. The predicted octanol–water partition coefficient (Wildman–Crippen LogP) is 4.69. The number of aryl methyl sites for hydroxylation is 1. The molecule has 4 aromatic rings. The molecule has 1 aliphatic heterocycles. The topological polar surface area (TPSA) is 86.2 Å². The first-order valence-electron chi connectivity index (χ1n) is 9.97. The van der Waals surface area contributed by atoms with Crippen LogP contribution in [-0.4, -0.2) is 30.1 Å². The van der Waals surface area contributed by atoms with E-state index in [0.717, 1.165) is 28.3 Å². The molecule has 3 heterocycles. The van der Waals surface area contributed by atoms with Crippen molar-refractivity contribution >= 4 is 23.2 Å². The third-order valence-electron chi connectivity index (χ3n) is 5.50. The van der Waals surface area contributed by atoms with Crippen molar-refractivity contribution in [3.8, 4) is 11.5 Å². The monoisotopic (exact) mass is 447 g/mol. The van der Waals surface area contributed by atoms with Crippen LogP contribution in [0.4, 0.5) is 5.69 Å². The first-order valence-corrected chi connectivity index (χ1v) is 10.3. The van der Waals surface area contributed by atoms with E-state index < -0.39 is 4.92 Å². The Morgan fingerprint density at radius 1 is 1.09 bits per heavy atom. The Morgan fingerprint density at radius 2 is 1.88 bits per heavy atom. The van der Waals surface area contributed by atoms with Crippen LogP contribution in [0.2, 0.25) is 5.02 Å². The molecule has 0 spiro atoms. The number of halogens is 1. The fraction of sp³-hybridized carbons (Fsp3) is 0.130. The van der Waals surface area contributed by atoms with Gasteiger partial charge in [-0.1, -0.05) is 23.7 Å². The molecule has 0 N–H and O–H groups in total. The normalized spacial score (nSPS) is 12.8. The predicted molar refractivity (Wildman–Crippen MR) is 119 cm³/mol. The highest BCUT2D eigenvalue weighted by atomic mass is 35.5. The van der Waals surface area contributed by atoms with Gasteiger partial charge in [-0.3, -0.25) is 14.9 Å². The molecule has 0 saturated carbocycles. The van der Waals surface area contributed by atoms with Crippen LogP contribution in [0, 0.1) is 17.0 Å². The van der Waals surface area contributed by atoms with Crippen molar-refractivity contribution < 1.29 is 9.72 Å². The molecule has 0 aliphatic carbocycles. The summed E-state index contributed by atoms with van der Waals surface area (Å²) in [6.45, 7) is 2.70. The van der Waals surface area contributed by atoms with E-state index in [1.165, 1.54) is 18.2 Å². The van der Waals surface area contributed by atoms with E-state index in [4.69, 9.17) is 16.7 Å². The Balaban J connectivity index is 1.52. The van der Waals surface area contributed by atoms with Crippen LogP contribution in [0.15, 0.2) is 67.0 Å². The number of aromatic nitrogens is 3. The summed E-state index contributed by atoms with van der Waals surface area (Å²) in [5.74, 6) is 0.566. The summed E-state index contributed by atoms with van der Waals surface area (Å²) >= 11 is 5.89. The summed E-state index contributed by atoms with van der Waals surface area (Å²) in [6, 6.07) is 16.1. The lowest BCUT2D eigenvalue weighted by Gasteiger charge is -2.18. The molecule has 8 nitrogen and oxygen atoms in total. The van der Waals surface area contributed by atoms with Gasteiger partial charge in [0.1, 0.15) is 10.8 Å². The lowest BCUT2D eigenvalue weighted by molar-refractivity contribution is -0.384. The molecule has 2 aromatic carbocycles. The summed E-state index contributed by atoms with van der Waals surface area (Å²) < 4.78 is 3.88. The summed E-state index contributed by atoms with van der Waals surface area (Å²) in [5, 5.41) is 16.0. The second-order valence-corrected chi connectivity index (χ2v) is 8.08. The molecule has 1 aliphatic rings. The number of amides is 1. The van der Waals surface area contributed by atoms with E-state index in [-0.39, 0.29) is 22.2 Å². The van der Waals surface area contributed by atoms with Crippen molar-refractivity contribution in [1.29, 1.82) is 0 Å². The molecule has 0 fully saturated rings. The summed E-state index contributed by atoms with van der Waals surface area (Å²) in [4.78, 5) is 25.4. The zero-order chi connectivity index (χ0) is 22.4. The Hall–Kier alpha value is -3.91. The fourth-order valence-corrected chi connectivity index (χ4v) is 4.18. The lowest BCUT2D eigenvalue weighted by Crippen LogP contribution is -2.26. The molecular formula is C23H18ClN5O3. The van der Waals surface area contributed by atoms with Gasteiger partial charge in [0.2, 0.25) is 0 Å². The number of hydrogen-bond donors (Lipinski definition) is 0. The number of hydrogen-bond acceptors (Lipinski definition) is 4. The van der Waals surface area contributed by atoms with Gasteiger partial charge in [-0.25, -0.2) is 4.68 Å². The zero-order valence-corrected chi connectivity index (χ0v) is 17.9. The molecule has 1 amide bonds. The van der Waals surface area contributed by atoms with Gasteiger partial charge in [0.25, 0.3) is 11.6 Å². The van der Waals surface area contributed by atoms with Gasteiger partial charge in [-0.15, -0.1) is 0 Å². The van der Waals surface area contributed by atoms with Gasteiger partial charge in [0.15, 0.2) is 0 Å². The van der Waals surface area contributed by atoms with Crippen LogP contribution in [0.5, 0.6) is 0 Å². The van der Waals surface area contributed by atoms with Crippen LogP contribution in [0.25, 0.3) is 11.5 Å².